The van der Waals surface area contributed by atoms with Crippen molar-refractivity contribution in [2.75, 3.05) is 13.1 Å². The molecule has 1 saturated heterocycles. The van der Waals surface area contributed by atoms with Gasteiger partial charge in [0, 0.05) is 13.1 Å². The Morgan fingerprint density at radius 3 is 3.20 bits per heavy atom. The predicted molar refractivity (Wildman–Crippen MR) is 64.0 cm³/mol. The first-order valence-corrected chi connectivity index (χ1v) is 6.61. The molecule has 0 aliphatic carbocycles. The lowest BCUT2D eigenvalue weighted by Gasteiger charge is -2.33. The Balaban J connectivity index is 1.88. The highest BCUT2D eigenvalue weighted by Crippen LogP contribution is 2.21. The first-order valence-electron chi connectivity index (χ1n) is 5.67. The fourth-order valence-corrected chi connectivity index (χ4v) is 2.93. The molecule has 1 aromatic rings. The highest BCUT2D eigenvalue weighted by molar-refractivity contribution is 7.07. The third kappa shape index (κ3) is 3.03. The monoisotopic (exact) mass is 225 g/mol. The number of aliphatic hydroxyl groups is 1. The van der Waals surface area contributed by atoms with Gasteiger partial charge in [0.15, 0.2) is 0 Å². The van der Waals surface area contributed by atoms with E-state index < -0.39 is 0 Å². The Bertz CT molecular complexity index is 284. The van der Waals surface area contributed by atoms with Crippen molar-refractivity contribution in [1.29, 1.82) is 0 Å². The van der Waals surface area contributed by atoms with Crippen molar-refractivity contribution in [3.8, 4) is 0 Å². The average Bonchev–Trinajstić information content (AvgIpc) is 2.71. The van der Waals surface area contributed by atoms with Crippen LogP contribution in [0, 0.1) is 5.92 Å². The van der Waals surface area contributed by atoms with Crippen molar-refractivity contribution >= 4 is 11.3 Å². The molecule has 1 aliphatic heterocycles. The van der Waals surface area contributed by atoms with Crippen molar-refractivity contribution in [3.63, 3.8) is 0 Å². The first kappa shape index (κ1) is 11.1. The van der Waals surface area contributed by atoms with Crippen LogP contribution in [-0.4, -0.2) is 29.2 Å². The van der Waals surface area contributed by atoms with Gasteiger partial charge in [-0.1, -0.05) is 0 Å². The lowest BCUT2D eigenvalue weighted by atomic mass is 9.93. The number of rotatable bonds is 3. The number of thiophene rings is 1. The van der Waals surface area contributed by atoms with Gasteiger partial charge in [-0.2, -0.15) is 11.3 Å². The third-order valence-electron chi connectivity index (χ3n) is 3.21. The van der Waals surface area contributed by atoms with Gasteiger partial charge in [-0.15, -0.1) is 0 Å². The molecule has 2 rings (SSSR count). The largest absolute Gasteiger partial charge is 0.393 e. The molecule has 0 unspecified atom stereocenters. The lowest BCUT2D eigenvalue weighted by Crippen LogP contribution is -2.38. The predicted octanol–water partition coefficient (Wildman–Crippen LogP) is 2.34. The van der Waals surface area contributed by atoms with E-state index in [1.165, 1.54) is 24.9 Å². The normalized spacial score (nSPS) is 25.3. The lowest BCUT2D eigenvalue weighted by molar-refractivity contribution is 0.0599. The minimum atomic E-state index is -0.157. The van der Waals surface area contributed by atoms with Crippen LogP contribution in [0.25, 0.3) is 0 Å². The average molecular weight is 225 g/mol. The van der Waals surface area contributed by atoms with Gasteiger partial charge in [-0.25, -0.2) is 0 Å². The molecule has 0 bridgehead atoms. The van der Waals surface area contributed by atoms with E-state index in [0.717, 1.165) is 13.1 Å². The fraction of sp³-hybridized carbons (Fsp3) is 0.667. The molecular weight excluding hydrogens is 206 g/mol. The van der Waals surface area contributed by atoms with E-state index in [0.29, 0.717) is 5.92 Å². The highest BCUT2D eigenvalue weighted by atomic mass is 32.1. The van der Waals surface area contributed by atoms with Gasteiger partial charge in [0.05, 0.1) is 6.10 Å². The maximum Gasteiger partial charge on any atom is 0.0552 e. The molecule has 1 aliphatic rings. The summed E-state index contributed by atoms with van der Waals surface area (Å²) in [5.74, 6) is 0.470. The first-order chi connectivity index (χ1) is 7.25. The quantitative estimate of drug-likeness (QED) is 0.853. The van der Waals surface area contributed by atoms with Crippen LogP contribution in [-0.2, 0) is 6.54 Å². The molecule has 84 valence electrons. The Labute approximate surface area is 95.5 Å². The molecule has 0 radical (unpaired) electrons. The molecule has 1 N–H and O–H groups in total. The van der Waals surface area contributed by atoms with E-state index in [2.05, 4.69) is 21.7 Å². The van der Waals surface area contributed by atoms with Crippen LogP contribution in [0.3, 0.4) is 0 Å². The molecule has 2 atom stereocenters. The summed E-state index contributed by atoms with van der Waals surface area (Å²) in [6.45, 7) is 5.19. The second kappa shape index (κ2) is 5.10. The molecule has 1 fully saturated rings. The molecule has 2 nitrogen and oxygen atoms in total. The van der Waals surface area contributed by atoms with Gasteiger partial charge in [-0.3, -0.25) is 4.90 Å². The van der Waals surface area contributed by atoms with E-state index >= 15 is 0 Å². The van der Waals surface area contributed by atoms with E-state index in [4.69, 9.17) is 0 Å². The Kier molecular flexibility index (Phi) is 3.78. The number of piperidine rings is 1. The maximum atomic E-state index is 9.60. The summed E-state index contributed by atoms with van der Waals surface area (Å²) in [6.07, 6.45) is 2.24. The summed E-state index contributed by atoms with van der Waals surface area (Å²) >= 11 is 1.76. The van der Waals surface area contributed by atoms with Gasteiger partial charge in [0.1, 0.15) is 0 Å². The fourth-order valence-electron chi connectivity index (χ4n) is 2.27. The van der Waals surface area contributed by atoms with Crippen LogP contribution in [0.15, 0.2) is 16.8 Å². The number of aliphatic hydroxyl groups excluding tert-OH is 1. The minimum absolute atomic E-state index is 0.157. The molecule has 0 aromatic carbocycles. The second-order valence-electron chi connectivity index (χ2n) is 4.51. The van der Waals surface area contributed by atoms with Crippen molar-refractivity contribution in [3.05, 3.63) is 22.4 Å². The molecule has 2 heterocycles. The topological polar surface area (TPSA) is 23.5 Å². The molecule has 0 amide bonds. The molecule has 0 spiro atoms. The summed E-state index contributed by atoms with van der Waals surface area (Å²) in [5.41, 5.74) is 1.41. The second-order valence-corrected chi connectivity index (χ2v) is 5.29. The van der Waals surface area contributed by atoms with Crippen LogP contribution < -0.4 is 0 Å². The van der Waals surface area contributed by atoms with Crippen LogP contribution in [0.1, 0.15) is 25.3 Å². The van der Waals surface area contributed by atoms with Crippen LogP contribution in [0.2, 0.25) is 0 Å². The highest BCUT2D eigenvalue weighted by Gasteiger charge is 2.23. The minimum Gasteiger partial charge on any atom is -0.393 e. The Morgan fingerprint density at radius 2 is 2.53 bits per heavy atom. The van der Waals surface area contributed by atoms with Gasteiger partial charge in [0.25, 0.3) is 0 Å². The third-order valence-corrected chi connectivity index (χ3v) is 3.94. The van der Waals surface area contributed by atoms with Crippen molar-refractivity contribution in [2.24, 2.45) is 5.92 Å². The van der Waals surface area contributed by atoms with E-state index in [9.17, 15) is 5.11 Å². The van der Waals surface area contributed by atoms with Gasteiger partial charge >= 0.3 is 0 Å². The van der Waals surface area contributed by atoms with E-state index in [1.54, 1.807) is 11.3 Å². The van der Waals surface area contributed by atoms with Crippen LogP contribution >= 0.6 is 11.3 Å². The summed E-state index contributed by atoms with van der Waals surface area (Å²) in [5, 5.41) is 13.9. The summed E-state index contributed by atoms with van der Waals surface area (Å²) in [4.78, 5) is 2.46. The number of hydrogen-bond acceptors (Lipinski definition) is 3. The van der Waals surface area contributed by atoms with Gasteiger partial charge < -0.3 is 5.11 Å². The van der Waals surface area contributed by atoms with E-state index in [1.807, 2.05) is 6.92 Å². The zero-order valence-corrected chi connectivity index (χ0v) is 10.0. The zero-order valence-electron chi connectivity index (χ0n) is 9.22. The zero-order chi connectivity index (χ0) is 10.7. The maximum absolute atomic E-state index is 9.60. The standard InChI is InChI=1S/C12H19NOS/c1-10(14)12-3-2-5-13(8-12)7-11-4-6-15-9-11/h4,6,9-10,12,14H,2-3,5,7-8H2,1H3/t10-,12-/m0/s1. The van der Waals surface area contributed by atoms with Gasteiger partial charge in [-0.05, 0) is 54.6 Å². The molecule has 0 saturated carbocycles. The van der Waals surface area contributed by atoms with E-state index in [-0.39, 0.29) is 6.10 Å². The number of nitrogens with zero attached hydrogens (tertiary/aromatic N) is 1. The molecule has 3 heteroatoms. The SMILES string of the molecule is C[C@H](O)[C@H]1CCCN(Cc2ccsc2)C1. The Morgan fingerprint density at radius 1 is 1.67 bits per heavy atom. The molecule has 1 aromatic heterocycles. The molecule has 15 heavy (non-hydrogen) atoms. The van der Waals surface area contributed by atoms with Gasteiger partial charge in [0.2, 0.25) is 0 Å². The summed E-state index contributed by atoms with van der Waals surface area (Å²) in [7, 11) is 0. The van der Waals surface area contributed by atoms with Crippen molar-refractivity contribution in [2.45, 2.75) is 32.4 Å². The number of likely N-dealkylation sites (tertiary alicyclic amines) is 1. The molecular formula is C12H19NOS. The van der Waals surface area contributed by atoms with Crippen molar-refractivity contribution in [1.82, 2.24) is 4.90 Å². The summed E-state index contributed by atoms with van der Waals surface area (Å²) < 4.78 is 0. The number of hydrogen-bond donors (Lipinski definition) is 1. The van der Waals surface area contributed by atoms with Crippen LogP contribution in [0.5, 0.6) is 0 Å². The summed E-state index contributed by atoms with van der Waals surface area (Å²) in [6, 6.07) is 2.19. The Hall–Kier alpha value is -0.380. The van der Waals surface area contributed by atoms with Crippen molar-refractivity contribution < 1.29 is 5.11 Å². The smallest absolute Gasteiger partial charge is 0.0552 e. The van der Waals surface area contributed by atoms with Crippen LogP contribution in [0.4, 0.5) is 0 Å².